The zero-order valence-corrected chi connectivity index (χ0v) is 12.8. The quantitative estimate of drug-likeness (QED) is 0.808. The lowest BCUT2D eigenvalue weighted by molar-refractivity contribution is 0.00944. The van der Waals surface area contributed by atoms with Crippen molar-refractivity contribution in [2.24, 2.45) is 11.3 Å². The lowest BCUT2D eigenvalue weighted by Crippen LogP contribution is -2.52. The van der Waals surface area contributed by atoms with Gasteiger partial charge in [0.1, 0.15) is 0 Å². The molecule has 1 N–H and O–H groups in total. The second-order valence-corrected chi connectivity index (χ2v) is 7.23. The summed E-state index contributed by atoms with van der Waals surface area (Å²) < 4.78 is 0. The van der Waals surface area contributed by atoms with Crippen LogP contribution < -0.4 is 5.32 Å². The fraction of sp³-hybridized carbons (Fsp3) is 1.00. The Kier molecular flexibility index (Phi) is 4.71. The number of nitrogens with zero attached hydrogens (tertiary/aromatic N) is 1. The molecule has 0 saturated heterocycles. The summed E-state index contributed by atoms with van der Waals surface area (Å²) in [5, 5.41) is 3.60. The van der Waals surface area contributed by atoms with Crippen LogP contribution in [0, 0.1) is 11.3 Å². The molecule has 0 bridgehead atoms. The monoisotopic (exact) mass is 252 g/mol. The van der Waals surface area contributed by atoms with Gasteiger partial charge in [0, 0.05) is 18.6 Å². The molecule has 0 aliphatic heterocycles. The van der Waals surface area contributed by atoms with Crippen molar-refractivity contribution in [3.63, 3.8) is 0 Å². The number of nitrogens with one attached hydrogen (secondary N) is 1. The van der Waals surface area contributed by atoms with E-state index in [0.717, 1.165) is 30.0 Å². The molecule has 0 aromatic carbocycles. The Hall–Kier alpha value is -0.0800. The Morgan fingerprint density at radius 2 is 1.83 bits per heavy atom. The number of rotatable bonds is 5. The van der Waals surface area contributed by atoms with Crippen molar-refractivity contribution in [3.05, 3.63) is 0 Å². The third-order valence-corrected chi connectivity index (χ3v) is 5.14. The number of hydrogen-bond acceptors (Lipinski definition) is 2. The third kappa shape index (κ3) is 3.27. The van der Waals surface area contributed by atoms with Crippen molar-refractivity contribution >= 4 is 0 Å². The maximum absolute atomic E-state index is 3.60. The summed E-state index contributed by atoms with van der Waals surface area (Å²) >= 11 is 0. The van der Waals surface area contributed by atoms with E-state index in [9.17, 15) is 0 Å². The Morgan fingerprint density at radius 1 is 1.22 bits per heavy atom. The third-order valence-electron chi connectivity index (χ3n) is 5.14. The van der Waals surface area contributed by atoms with Gasteiger partial charge in [-0.1, -0.05) is 20.8 Å². The van der Waals surface area contributed by atoms with Gasteiger partial charge in [-0.3, -0.25) is 0 Å². The zero-order valence-electron chi connectivity index (χ0n) is 12.8. The summed E-state index contributed by atoms with van der Waals surface area (Å²) in [6.07, 6.45) is 8.71. The lowest BCUT2D eigenvalue weighted by Gasteiger charge is -2.53. The molecule has 0 unspecified atom stereocenters. The summed E-state index contributed by atoms with van der Waals surface area (Å²) in [4.78, 5) is 2.61. The second-order valence-electron chi connectivity index (χ2n) is 7.23. The van der Waals surface area contributed by atoms with Crippen LogP contribution in [0.3, 0.4) is 0 Å². The van der Waals surface area contributed by atoms with Crippen molar-refractivity contribution in [2.45, 2.75) is 71.4 Å². The number of hydrogen-bond donors (Lipinski definition) is 1. The van der Waals surface area contributed by atoms with E-state index in [0.29, 0.717) is 0 Å². The average Bonchev–Trinajstić information content (AvgIpc) is 2.27. The van der Waals surface area contributed by atoms with Crippen LogP contribution in [0.1, 0.15) is 59.3 Å². The van der Waals surface area contributed by atoms with Gasteiger partial charge in [-0.05, 0) is 63.5 Å². The molecule has 0 radical (unpaired) electrons. The molecule has 18 heavy (non-hydrogen) atoms. The van der Waals surface area contributed by atoms with Crippen molar-refractivity contribution in [1.29, 1.82) is 0 Å². The summed E-state index contributed by atoms with van der Waals surface area (Å²) in [5.74, 6) is 0.799. The first kappa shape index (κ1) is 14.3. The predicted octanol–water partition coefficient (Wildman–Crippen LogP) is 3.28. The van der Waals surface area contributed by atoms with Crippen LogP contribution in [0.15, 0.2) is 0 Å². The normalized spacial score (nSPS) is 36.3. The van der Waals surface area contributed by atoms with E-state index in [1.807, 2.05) is 0 Å². The summed E-state index contributed by atoms with van der Waals surface area (Å²) in [6, 6.07) is 1.69. The maximum Gasteiger partial charge on any atom is 0.00927 e. The molecule has 2 rings (SSSR count). The molecule has 2 heteroatoms. The fourth-order valence-corrected chi connectivity index (χ4v) is 4.21. The van der Waals surface area contributed by atoms with E-state index in [4.69, 9.17) is 0 Å². The first-order valence-corrected chi connectivity index (χ1v) is 7.98. The van der Waals surface area contributed by atoms with Crippen molar-refractivity contribution in [2.75, 3.05) is 20.1 Å². The van der Waals surface area contributed by atoms with Crippen molar-refractivity contribution in [3.8, 4) is 0 Å². The Morgan fingerprint density at radius 3 is 2.33 bits per heavy atom. The van der Waals surface area contributed by atoms with Gasteiger partial charge in [0.15, 0.2) is 0 Å². The minimum absolute atomic E-state index is 0.738. The van der Waals surface area contributed by atoms with Gasteiger partial charge in [-0.2, -0.15) is 0 Å². The van der Waals surface area contributed by atoms with E-state index in [1.54, 1.807) is 0 Å². The van der Waals surface area contributed by atoms with Crippen LogP contribution in [0.25, 0.3) is 0 Å². The predicted molar refractivity (Wildman–Crippen MR) is 78.9 cm³/mol. The van der Waals surface area contributed by atoms with Crippen LogP contribution in [-0.4, -0.2) is 37.1 Å². The largest absolute Gasteiger partial charge is 0.314 e. The molecule has 0 aromatic rings. The van der Waals surface area contributed by atoms with Crippen LogP contribution >= 0.6 is 0 Å². The molecule has 2 fully saturated rings. The maximum atomic E-state index is 3.60. The molecule has 0 amide bonds. The Balaban J connectivity index is 1.72. The molecule has 1 spiro atoms. The van der Waals surface area contributed by atoms with E-state index in [1.165, 1.54) is 45.1 Å². The summed E-state index contributed by atoms with van der Waals surface area (Å²) in [6.45, 7) is 9.28. The van der Waals surface area contributed by atoms with Gasteiger partial charge in [-0.25, -0.2) is 0 Å². The average molecular weight is 252 g/mol. The molecule has 0 aromatic heterocycles. The fourth-order valence-electron chi connectivity index (χ4n) is 4.21. The second kappa shape index (κ2) is 5.92. The lowest BCUT2D eigenvalue weighted by atomic mass is 9.57. The summed E-state index contributed by atoms with van der Waals surface area (Å²) in [7, 11) is 2.32. The van der Waals surface area contributed by atoms with Gasteiger partial charge in [-0.15, -0.1) is 0 Å². The standard InChI is InChI=1S/C16H32N2/c1-5-17-14-10-16(11-14)8-6-15(7-9-16)18(4)12-13(2)3/h13-15,17H,5-12H2,1-4H3/t14-,15-,16?. The van der Waals surface area contributed by atoms with Crippen LogP contribution in [0.2, 0.25) is 0 Å². The highest BCUT2D eigenvalue weighted by atomic mass is 15.1. The molecule has 0 heterocycles. The molecular formula is C16H32N2. The van der Waals surface area contributed by atoms with Gasteiger partial charge in [0.25, 0.3) is 0 Å². The van der Waals surface area contributed by atoms with Gasteiger partial charge in [0.2, 0.25) is 0 Å². The van der Waals surface area contributed by atoms with E-state index >= 15 is 0 Å². The first-order chi connectivity index (χ1) is 8.54. The highest BCUT2D eigenvalue weighted by molar-refractivity contribution is 5.00. The molecule has 0 atom stereocenters. The molecule has 106 valence electrons. The van der Waals surface area contributed by atoms with Crippen LogP contribution in [0.4, 0.5) is 0 Å². The van der Waals surface area contributed by atoms with Crippen LogP contribution in [0.5, 0.6) is 0 Å². The molecule has 2 aliphatic carbocycles. The minimum Gasteiger partial charge on any atom is -0.314 e. The topological polar surface area (TPSA) is 15.3 Å². The van der Waals surface area contributed by atoms with E-state index in [2.05, 4.69) is 38.0 Å². The minimum atomic E-state index is 0.738. The van der Waals surface area contributed by atoms with Crippen LogP contribution in [-0.2, 0) is 0 Å². The molecule has 2 saturated carbocycles. The van der Waals surface area contributed by atoms with Gasteiger partial charge < -0.3 is 10.2 Å². The van der Waals surface area contributed by atoms with Crippen molar-refractivity contribution in [1.82, 2.24) is 10.2 Å². The highest BCUT2D eigenvalue weighted by Gasteiger charge is 2.45. The Bertz CT molecular complexity index is 246. The SMILES string of the molecule is CCN[C@H]1CC2(CC[C@H](N(C)CC(C)C)CC2)C1. The summed E-state index contributed by atoms with van der Waals surface area (Å²) in [5.41, 5.74) is 0.738. The molecule has 2 aliphatic rings. The zero-order chi connectivity index (χ0) is 13.2. The highest BCUT2D eigenvalue weighted by Crippen LogP contribution is 2.52. The first-order valence-electron chi connectivity index (χ1n) is 7.98. The molecule has 2 nitrogen and oxygen atoms in total. The van der Waals surface area contributed by atoms with Crippen molar-refractivity contribution < 1.29 is 0 Å². The molecular weight excluding hydrogens is 220 g/mol. The van der Waals surface area contributed by atoms with Gasteiger partial charge >= 0.3 is 0 Å². The van der Waals surface area contributed by atoms with Gasteiger partial charge in [0.05, 0.1) is 0 Å². The van der Waals surface area contributed by atoms with E-state index in [-0.39, 0.29) is 0 Å². The Labute approximate surface area is 114 Å². The smallest absolute Gasteiger partial charge is 0.00927 e. The van der Waals surface area contributed by atoms with E-state index < -0.39 is 0 Å².